The van der Waals surface area contributed by atoms with Crippen molar-refractivity contribution in [3.05, 3.63) is 40.0 Å². The highest BCUT2D eigenvalue weighted by Crippen LogP contribution is 2.26. The fourth-order valence-corrected chi connectivity index (χ4v) is 1.83. The van der Waals surface area contributed by atoms with Gasteiger partial charge in [0.2, 0.25) is 0 Å². The first-order valence-electron chi connectivity index (χ1n) is 5.26. The lowest BCUT2D eigenvalue weighted by molar-refractivity contribution is 1.04. The quantitative estimate of drug-likeness (QED) is 0.923. The lowest BCUT2D eigenvalue weighted by atomic mass is 10.2. The van der Waals surface area contributed by atoms with Crippen molar-refractivity contribution in [2.45, 2.75) is 20.8 Å². The number of rotatable bonds is 2. The summed E-state index contributed by atoms with van der Waals surface area (Å²) < 4.78 is 0.839. The van der Waals surface area contributed by atoms with Crippen LogP contribution in [0.1, 0.15) is 17.1 Å². The van der Waals surface area contributed by atoms with Crippen molar-refractivity contribution in [1.82, 2.24) is 15.0 Å². The molecule has 0 spiro atoms. The molecule has 2 aromatic heterocycles. The number of hydrogen-bond donors (Lipinski definition) is 1. The first-order valence-corrected chi connectivity index (χ1v) is 6.05. The van der Waals surface area contributed by atoms with E-state index < -0.39 is 0 Å². The van der Waals surface area contributed by atoms with Crippen LogP contribution < -0.4 is 5.32 Å². The second kappa shape index (κ2) is 4.79. The minimum absolute atomic E-state index is 0.731. The molecule has 0 amide bonds. The van der Waals surface area contributed by atoms with Gasteiger partial charge in [0.05, 0.1) is 15.9 Å². The number of halogens is 1. The molecular weight excluding hydrogens is 280 g/mol. The molecule has 0 fully saturated rings. The third-order valence-electron chi connectivity index (χ3n) is 2.46. The molecule has 2 aromatic rings. The lowest BCUT2D eigenvalue weighted by Gasteiger charge is -2.12. The molecule has 0 unspecified atom stereocenters. The van der Waals surface area contributed by atoms with Crippen LogP contribution in [0.25, 0.3) is 0 Å². The van der Waals surface area contributed by atoms with Gasteiger partial charge in [-0.05, 0) is 48.3 Å². The van der Waals surface area contributed by atoms with Gasteiger partial charge in [-0.15, -0.1) is 0 Å². The third kappa shape index (κ3) is 2.61. The second-order valence-electron chi connectivity index (χ2n) is 3.83. The maximum absolute atomic E-state index is 4.35. The predicted octanol–water partition coefficient (Wildman–Crippen LogP) is 3.30. The highest BCUT2D eigenvalue weighted by molar-refractivity contribution is 9.10. The molecule has 2 heterocycles. The fourth-order valence-electron chi connectivity index (χ4n) is 1.54. The zero-order valence-corrected chi connectivity index (χ0v) is 11.5. The second-order valence-corrected chi connectivity index (χ2v) is 4.68. The van der Waals surface area contributed by atoms with Crippen LogP contribution in [0.5, 0.6) is 0 Å². The summed E-state index contributed by atoms with van der Waals surface area (Å²) in [4.78, 5) is 12.7. The highest BCUT2D eigenvalue weighted by Gasteiger charge is 2.07. The van der Waals surface area contributed by atoms with Gasteiger partial charge in [0.25, 0.3) is 0 Å². The van der Waals surface area contributed by atoms with Crippen LogP contribution in [-0.4, -0.2) is 15.0 Å². The standard InChI is InChI=1S/C12H13BrN4/c1-7-4-5-14-8(2)11(7)17-12-10(13)6-15-9(3)16-12/h4-6H,1-3H3,(H,15,16,17). The molecular formula is C12H13BrN4. The summed E-state index contributed by atoms with van der Waals surface area (Å²) in [6, 6.07) is 1.97. The smallest absolute Gasteiger partial charge is 0.148 e. The molecule has 4 nitrogen and oxygen atoms in total. The molecule has 0 aliphatic carbocycles. The van der Waals surface area contributed by atoms with E-state index >= 15 is 0 Å². The van der Waals surface area contributed by atoms with Gasteiger partial charge in [-0.3, -0.25) is 4.98 Å². The summed E-state index contributed by atoms with van der Waals surface area (Å²) in [5, 5.41) is 3.29. The Balaban J connectivity index is 2.41. The van der Waals surface area contributed by atoms with Crippen molar-refractivity contribution in [2.75, 3.05) is 5.32 Å². The van der Waals surface area contributed by atoms with Gasteiger partial charge >= 0.3 is 0 Å². The average Bonchev–Trinajstić information content (AvgIpc) is 2.28. The predicted molar refractivity (Wildman–Crippen MR) is 71.5 cm³/mol. The Morgan fingerprint density at radius 2 is 1.94 bits per heavy atom. The number of anilines is 2. The van der Waals surface area contributed by atoms with Crippen LogP contribution in [0.2, 0.25) is 0 Å². The minimum Gasteiger partial charge on any atom is -0.337 e. The van der Waals surface area contributed by atoms with Crippen molar-refractivity contribution in [3.63, 3.8) is 0 Å². The molecule has 0 aromatic carbocycles. The van der Waals surface area contributed by atoms with Gasteiger partial charge < -0.3 is 5.32 Å². The van der Waals surface area contributed by atoms with Crippen LogP contribution >= 0.6 is 15.9 Å². The Kier molecular flexibility index (Phi) is 3.38. The maximum Gasteiger partial charge on any atom is 0.148 e. The Labute approximate surface area is 109 Å². The van der Waals surface area contributed by atoms with E-state index in [1.54, 1.807) is 12.4 Å². The van der Waals surface area contributed by atoms with Crippen molar-refractivity contribution in [3.8, 4) is 0 Å². The molecule has 2 rings (SSSR count). The molecule has 17 heavy (non-hydrogen) atoms. The van der Waals surface area contributed by atoms with E-state index in [2.05, 4.69) is 36.2 Å². The SMILES string of the molecule is Cc1ncc(Br)c(Nc2c(C)ccnc2C)n1. The summed E-state index contributed by atoms with van der Waals surface area (Å²) in [5.41, 5.74) is 3.08. The monoisotopic (exact) mass is 292 g/mol. The maximum atomic E-state index is 4.35. The van der Waals surface area contributed by atoms with E-state index in [1.165, 1.54) is 0 Å². The molecule has 0 aliphatic heterocycles. The van der Waals surface area contributed by atoms with Crippen molar-refractivity contribution >= 4 is 27.4 Å². The van der Waals surface area contributed by atoms with E-state index in [1.807, 2.05) is 26.8 Å². The van der Waals surface area contributed by atoms with Crippen LogP contribution in [0.15, 0.2) is 22.9 Å². The first-order chi connectivity index (χ1) is 8.08. The normalized spacial score (nSPS) is 10.4. The Hall–Kier alpha value is -1.49. The topological polar surface area (TPSA) is 50.7 Å². The lowest BCUT2D eigenvalue weighted by Crippen LogP contribution is -2.02. The van der Waals surface area contributed by atoms with Gasteiger partial charge in [0, 0.05) is 12.4 Å². The largest absolute Gasteiger partial charge is 0.337 e. The molecule has 0 atom stereocenters. The Morgan fingerprint density at radius 1 is 1.18 bits per heavy atom. The van der Waals surface area contributed by atoms with Crippen molar-refractivity contribution in [1.29, 1.82) is 0 Å². The molecule has 0 aliphatic rings. The zero-order chi connectivity index (χ0) is 12.4. The number of nitrogens with zero attached hydrogens (tertiary/aromatic N) is 3. The summed E-state index contributed by atoms with van der Waals surface area (Å²) in [6.45, 7) is 5.87. The van der Waals surface area contributed by atoms with E-state index in [0.29, 0.717) is 0 Å². The first kappa shape index (κ1) is 12.0. The number of aryl methyl sites for hydroxylation is 3. The summed E-state index contributed by atoms with van der Waals surface area (Å²) in [7, 11) is 0. The molecule has 5 heteroatoms. The molecule has 88 valence electrons. The number of hydrogen-bond acceptors (Lipinski definition) is 4. The number of aromatic nitrogens is 3. The van der Waals surface area contributed by atoms with Gasteiger partial charge in [-0.25, -0.2) is 9.97 Å². The van der Waals surface area contributed by atoms with Crippen LogP contribution in [0.3, 0.4) is 0 Å². The molecule has 0 radical (unpaired) electrons. The van der Waals surface area contributed by atoms with E-state index in [9.17, 15) is 0 Å². The van der Waals surface area contributed by atoms with Gasteiger partial charge in [0.1, 0.15) is 11.6 Å². The van der Waals surface area contributed by atoms with Crippen molar-refractivity contribution < 1.29 is 0 Å². The van der Waals surface area contributed by atoms with Crippen LogP contribution in [0, 0.1) is 20.8 Å². The highest BCUT2D eigenvalue weighted by atomic mass is 79.9. The number of pyridine rings is 1. The minimum atomic E-state index is 0.731. The van der Waals surface area contributed by atoms with E-state index in [-0.39, 0.29) is 0 Å². The fraction of sp³-hybridized carbons (Fsp3) is 0.250. The molecule has 1 N–H and O–H groups in total. The molecule has 0 saturated heterocycles. The van der Waals surface area contributed by atoms with Crippen LogP contribution in [-0.2, 0) is 0 Å². The Morgan fingerprint density at radius 3 is 2.65 bits per heavy atom. The number of nitrogens with one attached hydrogen (secondary N) is 1. The summed E-state index contributed by atoms with van der Waals surface area (Å²) >= 11 is 3.43. The van der Waals surface area contributed by atoms with Crippen LogP contribution in [0.4, 0.5) is 11.5 Å². The average molecular weight is 293 g/mol. The Bertz CT molecular complexity index is 534. The van der Waals surface area contributed by atoms with Gasteiger partial charge in [-0.2, -0.15) is 0 Å². The van der Waals surface area contributed by atoms with E-state index in [4.69, 9.17) is 0 Å². The van der Waals surface area contributed by atoms with Gasteiger partial charge in [0.15, 0.2) is 0 Å². The zero-order valence-electron chi connectivity index (χ0n) is 9.95. The molecule has 0 bridgehead atoms. The van der Waals surface area contributed by atoms with Gasteiger partial charge in [-0.1, -0.05) is 0 Å². The summed E-state index contributed by atoms with van der Waals surface area (Å²) in [5.74, 6) is 1.49. The summed E-state index contributed by atoms with van der Waals surface area (Å²) in [6.07, 6.45) is 3.54. The van der Waals surface area contributed by atoms with Crippen molar-refractivity contribution in [2.24, 2.45) is 0 Å². The third-order valence-corrected chi connectivity index (χ3v) is 3.04. The van der Waals surface area contributed by atoms with E-state index in [0.717, 1.165) is 33.1 Å². The molecule has 0 saturated carbocycles.